The zero-order valence-electron chi connectivity index (χ0n) is 16.6. The van der Waals surface area contributed by atoms with Crippen molar-refractivity contribution in [2.24, 2.45) is 7.92 Å². The summed E-state index contributed by atoms with van der Waals surface area (Å²) in [4.78, 5) is 0. The summed E-state index contributed by atoms with van der Waals surface area (Å²) in [6, 6.07) is 0. The van der Waals surface area contributed by atoms with Gasteiger partial charge in [-0.15, -0.1) is 0 Å². The minimum atomic E-state index is -1.34. The van der Waals surface area contributed by atoms with E-state index in [4.69, 9.17) is 7.92 Å². The van der Waals surface area contributed by atoms with Crippen LogP contribution in [-0.2, 0) is 0 Å². The molecule has 0 unspecified atom stereocenters. The molecule has 0 spiro atoms. The van der Waals surface area contributed by atoms with E-state index in [9.17, 15) is 0 Å². The molecule has 0 saturated carbocycles. The Morgan fingerprint density at radius 2 is 0.727 bits per heavy atom. The zero-order valence-corrected chi connectivity index (χ0v) is 20.0. The van der Waals surface area contributed by atoms with E-state index >= 15 is 0 Å². The SMILES string of the molecule is CC(C)(C)N=[Se]1N(C(C)(C)C)[Se](=NC(C)(C)C)N1C(C)(C)C. The predicted octanol–water partition coefficient (Wildman–Crippen LogP) is 4.31. The van der Waals surface area contributed by atoms with E-state index in [0.717, 1.165) is 0 Å². The van der Waals surface area contributed by atoms with Gasteiger partial charge in [-0.2, -0.15) is 0 Å². The quantitative estimate of drug-likeness (QED) is 0.524. The Bertz CT molecular complexity index is 424. The van der Waals surface area contributed by atoms with Crippen LogP contribution in [0.5, 0.6) is 0 Å². The number of nitrogens with zero attached hydrogens (tertiary/aromatic N) is 4. The molecule has 1 rings (SSSR count). The topological polar surface area (TPSA) is 31.2 Å². The summed E-state index contributed by atoms with van der Waals surface area (Å²) in [5.41, 5.74) is 0.300. The summed E-state index contributed by atoms with van der Waals surface area (Å²) in [7, 11) is 0. The van der Waals surface area contributed by atoms with Gasteiger partial charge in [0.05, 0.1) is 0 Å². The van der Waals surface area contributed by atoms with Crippen LogP contribution in [0.2, 0.25) is 0 Å². The average Bonchev–Trinajstić information content (AvgIpc) is 2.04. The molecule has 0 aromatic rings. The predicted molar refractivity (Wildman–Crippen MR) is 99.1 cm³/mol. The van der Waals surface area contributed by atoms with E-state index in [1.165, 1.54) is 0 Å². The van der Waals surface area contributed by atoms with E-state index in [0.29, 0.717) is 0 Å². The normalized spacial score (nSPS) is 25.8. The van der Waals surface area contributed by atoms with Crippen LogP contribution in [0, 0.1) is 0 Å². The molecule has 4 nitrogen and oxygen atoms in total. The van der Waals surface area contributed by atoms with Crippen LogP contribution in [0.25, 0.3) is 0 Å². The standard InChI is InChI=1S/C16H36N4Se2/c1-13(2,3)17-21-19(15(7,8)9)22(18-14(4,5)6)20(21)16(10,11)12/h1-12H3. The van der Waals surface area contributed by atoms with Gasteiger partial charge in [0.15, 0.2) is 0 Å². The second-order valence-corrected chi connectivity index (χ2v) is 18.1. The van der Waals surface area contributed by atoms with Gasteiger partial charge in [0.25, 0.3) is 0 Å². The summed E-state index contributed by atoms with van der Waals surface area (Å²) in [5.74, 6) is 0. The van der Waals surface area contributed by atoms with Gasteiger partial charge in [-0.05, 0) is 0 Å². The number of hydrogen-bond donors (Lipinski definition) is 0. The number of hydrogen-bond acceptors (Lipinski definition) is 2. The first-order chi connectivity index (χ1) is 9.43. The Balaban J connectivity index is 3.49. The average molecular weight is 442 g/mol. The molecular formula is C16H36N4Se2. The monoisotopic (exact) mass is 444 g/mol. The molecule has 0 bridgehead atoms. The molecule has 1 heterocycles. The van der Waals surface area contributed by atoms with Crippen molar-refractivity contribution in [1.29, 1.82) is 0 Å². The summed E-state index contributed by atoms with van der Waals surface area (Å²) in [5, 5.41) is 0. The van der Waals surface area contributed by atoms with E-state index in [-0.39, 0.29) is 22.2 Å². The van der Waals surface area contributed by atoms with Crippen LogP contribution in [0.4, 0.5) is 0 Å². The van der Waals surface area contributed by atoms with Crippen LogP contribution >= 0.6 is 0 Å². The van der Waals surface area contributed by atoms with Gasteiger partial charge in [-0.25, -0.2) is 0 Å². The number of rotatable bonds is 0. The van der Waals surface area contributed by atoms with E-state index < -0.39 is 28.3 Å². The molecule has 0 aromatic heterocycles. The molecule has 1 aliphatic rings. The first-order valence-corrected chi connectivity index (χ1v) is 12.6. The third-order valence-electron chi connectivity index (χ3n) is 2.40. The van der Waals surface area contributed by atoms with Crippen molar-refractivity contribution in [2.75, 3.05) is 0 Å². The van der Waals surface area contributed by atoms with Crippen molar-refractivity contribution < 1.29 is 0 Å². The van der Waals surface area contributed by atoms with Crippen molar-refractivity contribution >= 4 is 28.3 Å². The van der Waals surface area contributed by atoms with Crippen LogP contribution in [0.1, 0.15) is 83.1 Å². The molecule has 0 N–H and O–H groups in total. The van der Waals surface area contributed by atoms with Crippen molar-refractivity contribution in [3.63, 3.8) is 0 Å². The molecule has 22 heavy (non-hydrogen) atoms. The van der Waals surface area contributed by atoms with Gasteiger partial charge in [0.2, 0.25) is 0 Å². The fourth-order valence-electron chi connectivity index (χ4n) is 1.85. The van der Waals surface area contributed by atoms with Crippen molar-refractivity contribution in [1.82, 2.24) is 5.87 Å². The van der Waals surface area contributed by atoms with E-state index in [2.05, 4.69) is 88.9 Å². The van der Waals surface area contributed by atoms with Gasteiger partial charge in [0.1, 0.15) is 0 Å². The van der Waals surface area contributed by atoms with E-state index in [1.807, 2.05) is 0 Å². The molecular weight excluding hydrogens is 406 g/mol. The second kappa shape index (κ2) is 6.13. The van der Waals surface area contributed by atoms with E-state index in [1.54, 1.807) is 0 Å². The Morgan fingerprint density at radius 3 is 0.864 bits per heavy atom. The van der Waals surface area contributed by atoms with Crippen LogP contribution in [0.3, 0.4) is 0 Å². The van der Waals surface area contributed by atoms with Gasteiger partial charge in [-0.1, -0.05) is 0 Å². The summed E-state index contributed by atoms with van der Waals surface area (Å²) in [6.07, 6.45) is 0. The van der Waals surface area contributed by atoms with Crippen LogP contribution < -0.4 is 0 Å². The van der Waals surface area contributed by atoms with Crippen molar-refractivity contribution in [3.8, 4) is 0 Å². The molecule has 0 aromatic carbocycles. The van der Waals surface area contributed by atoms with Crippen LogP contribution in [-0.4, -0.2) is 56.3 Å². The zero-order chi connectivity index (χ0) is 17.7. The van der Waals surface area contributed by atoms with Crippen molar-refractivity contribution in [2.45, 2.75) is 105 Å². The molecule has 1 fully saturated rings. The Labute approximate surface area is 147 Å². The molecule has 132 valence electrons. The summed E-state index contributed by atoms with van der Waals surface area (Å²) < 4.78 is 15.9. The first-order valence-electron chi connectivity index (χ1n) is 7.99. The van der Waals surface area contributed by atoms with Gasteiger partial charge in [-0.3, -0.25) is 0 Å². The van der Waals surface area contributed by atoms with Gasteiger partial charge < -0.3 is 0 Å². The molecule has 1 aliphatic heterocycles. The molecule has 0 aliphatic carbocycles. The maximum absolute atomic E-state index is 5.24. The molecule has 0 radical (unpaired) electrons. The summed E-state index contributed by atoms with van der Waals surface area (Å²) >= 11 is -2.67. The first kappa shape index (κ1) is 20.6. The summed E-state index contributed by atoms with van der Waals surface area (Å²) in [6.45, 7) is 27.2. The van der Waals surface area contributed by atoms with Crippen molar-refractivity contribution in [3.05, 3.63) is 0 Å². The van der Waals surface area contributed by atoms with Crippen LogP contribution in [0.15, 0.2) is 7.92 Å². The maximum atomic E-state index is 5.24. The fraction of sp³-hybridized carbons (Fsp3) is 1.00. The minimum absolute atomic E-state index is 0.0104. The third kappa shape index (κ3) is 5.29. The Kier molecular flexibility index (Phi) is 5.74. The second-order valence-electron chi connectivity index (χ2n) is 9.87. The fourth-order valence-corrected chi connectivity index (χ4v) is 15.2. The molecule has 0 amide bonds. The molecule has 6 heteroatoms. The third-order valence-corrected chi connectivity index (χ3v) is 18.3. The molecule has 0 atom stereocenters. The Hall–Kier alpha value is 0.559. The Morgan fingerprint density at radius 1 is 0.500 bits per heavy atom. The van der Waals surface area contributed by atoms with Gasteiger partial charge >= 0.3 is 147 Å². The van der Waals surface area contributed by atoms with Gasteiger partial charge in [0, 0.05) is 0 Å². The molecule has 1 saturated heterocycles.